The van der Waals surface area contributed by atoms with Gasteiger partial charge in [-0.1, -0.05) is 0 Å². The van der Waals surface area contributed by atoms with Crippen molar-refractivity contribution in [1.29, 1.82) is 0 Å². The third-order valence-corrected chi connectivity index (χ3v) is 6.46. The maximum Gasteiger partial charge on any atom is 0.255 e. The third-order valence-electron chi connectivity index (χ3n) is 6.46. The number of fused-ring (bicyclic) bond motifs is 1. The number of nitrogens with one attached hydrogen (secondary N) is 2. The Labute approximate surface area is 190 Å². The highest BCUT2D eigenvalue weighted by Gasteiger charge is 2.39. The standard InChI is InChI=1S/C24H24N4O5/c1-13-9-21(33-16-3-2-4-16)25-11-18(13)26-22(30)14-5-6-17-15(10-14)12-28(24(17)32)19-7-8-20(29)27-23(19)31/h5-6,9-11,16,19H,2-4,7-8,12H2,1H3,(H,26,30)(H,27,29,31). The van der Waals surface area contributed by atoms with Crippen molar-refractivity contribution in [2.45, 2.75) is 57.7 Å². The summed E-state index contributed by atoms with van der Waals surface area (Å²) < 4.78 is 5.80. The van der Waals surface area contributed by atoms with Gasteiger partial charge in [0.1, 0.15) is 12.1 Å². The highest BCUT2D eigenvalue weighted by Crippen LogP contribution is 2.29. The van der Waals surface area contributed by atoms with E-state index in [9.17, 15) is 19.2 Å². The molecule has 2 N–H and O–H groups in total. The van der Waals surface area contributed by atoms with Gasteiger partial charge in [0.25, 0.3) is 11.8 Å². The number of benzene rings is 1. The lowest BCUT2D eigenvalue weighted by Crippen LogP contribution is -2.52. The molecule has 170 valence electrons. The maximum absolute atomic E-state index is 12.9. The molecule has 9 nitrogen and oxygen atoms in total. The number of carbonyl (C=O) groups excluding carboxylic acids is 4. The Kier molecular flexibility index (Phi) is 5.32. The lowest BCUT2D eigenvalue weighted by Gasteiger charge is -2.29. The normalized spacial score (nSPS) is 20.2. The SMILES string of the molecule is Cc1cc(OC2CCC2)ncc1NC(=O)c1ccc2c(c1)CN(C1CCC(=O)NC1=O)C2=O. The Morgan fingerprint density at radius 2 is 2.00 bits per heavy atom. The van der Waals surface area contributed by atoms with Crippen LogP contribution in [0.4, 0.5) is 5.69 Å². The molecule has 0 spiro atoms. The van der Waals surface area contributed by atoms with Crippen LogP contribution in [0.3, 0.4) is 0 Å². The van der Waals surface area contributed by atoms with E-state index in [2.05, 4.69) is 15.6 Å². The van der Waals surface area contributed by atoms with Crippen LogP contribution in [-0.2, 0) is 16.1 Å². The smallest absolute Gasteiger partial charge is 0.255 e. The molecule has 2 fully saturated rings. The number of ether oxygens (including phenoxy) is 1. The molecule has 3 aliphatic rings. The first-order valence-corrected chi connectivity index (χ1v) is 11.1. The van der Waals surface area contributed by atoms with Gasteiger partial charge in [-0.05, 0) is 61.9 Å². The average molecular weight is 448 g/mol. The number of piperidine rings is 1. The molecule has 2 aromatic rings. The summed E-state index contributed by atoms with van der Waals surface area (Å²) in [5.41, 5.74) is 2.97. The van der Waals surface area contributed by atoms with E-state index in [1.165, 1.54) is 11.3 Å². The summed E-state index contributed by atoms with van der Waals surface area (Å²) in [5.74, 6) is -0.819. The van der Waals surface area contributed by atoms with Crippen LogP contribution < -0.4 is 15.4 Å². The number of aryl methyl sites for hydroxylation is 1. The highest BCUT2D eigenvalue weighted by molar-refractivity contribution is 6.08. The van der Waals surface area contributed by atoms with Crippen molar-refractivity contribution in [2.24, 2.45) is 0 Å². The highest BCUT2D eigenvalue weighted by atomic mass is 16.5. The van der Waals surface area contributed by atoms with E-state index < -0.39 is 11.9 Å². The van der Waals surface area contributed by atoms with Crippen molar-refractivity contribution >= 4 is 29.3 Å². The second-order valence-electron chi connectivity index (χ2n) is 8.73. The van der Waals surface area contributed by atoms with Crippen LogP contribution in [0, 0.1) is 6.92 Å². The lowest BCUT2D eigenvalue weighted by molar-refractivity contribution is -0.136. The molecule has 1 aliphatic carbocycles. The molecule has 3 heterocycles. The van der Waals surface area contributed by atoms with Crippen molar-refractivity contribution in [1.82, 2.24) is 15.2 Å². The third kappa shape index (κ3) is 4.06. The number of nitrogens with zero attached hydrogens (tertiary/aromatic N) is 2. The van der Waals surface area contributed by atoms with Crippen LogP contribution in [0.1, 0.15) is 63.9 Å². The number of amides is 4. The number of rotatable bonds is 5. The molecule has 0 radical (unpaired) electrons. The van der Waals surface area contributed by atoms with E-state index in [1.54, 1.807) is 24.4 Å². The van der Waals surface area contributed by atoms with Crippen molar-refractivity contribution in [3.63, 3.8) is 0 Å². The molecule has 1 atom stereocenters. The first-order valence-electron chi connectivity index (χ1n) is 11.1. The Balaban J connectivity index is 1.28. The fourth-order valence-electron chi connectivity index (χ4n) is 4.30. The van der Waals surface area contributed by atoms with E-state index in [1.807, 2.05) is 13.0 Å². The van der Waals surface area contributed by atoms with Gasteiger partial charge >= 0.3 is 0 Å². The van der Waals surface area contributed by atoms with Gasteiger partial charge < -0.3 is 15.0 Å². The Hall–Kier alpha value is -3.75. The largest absolute Gasteiger partial charge is 0.474 e. The number of imide groups is 1. The van der Waals surface area contributed by atoms with E-state index >= 15 is 0 Å². The van der Waals surface area contributed by atoms with Crippen LogP contribution in [0.15, 0.2) is 30.5 Å². The number of hydrogen-bond acceptors (Lipinski definition) is 6. The van der Waals surface area contributed by atoms with Crippen LogP contribution in [0.25, 0.3) is 0 Å². The van der Waals surface area contributed by atoms with Crippen molar-refractivity contribution < 1.29 is 23.9 Å². The molecule has 1 aromatic heterocycles. The van der Waals surface area contributed by atoms with Crippen LogP contribution in [-0.4, -0.2) is 45.7 Å². The van der Waals surface area contributed by atoms with Crippen LogP contribution >= 0.6 is 0 Å². The minimum atomic E-state index is -0.686. The van der Waals surface area contributed by atoms with E-state index in [0.717, 1.165) is 18.4 Å². The van der Waals surface area contributed by atoms with Gasteiger partial charge in [0.2, 0.25) is 17.7 Å². The van der Waals surface area contributed by atoms with Crippen LogP contribution in [0.5, 0.6) is 5.88 Å². The number of pyridine rings is 1. The van der Waals surface area contributed by atoms with Gasteiger partial charge in [-0.25, -0.2) is 4.98 Å². The Morgan fingerprint density at radius 3 is 2.70 bits per heavy atom. The zero-order chi connectivity index (χ0) is 23.1. The van der Waals surface area contributed by atoms with Crippen molar-refractivity contribution in [3.8, 4) is 5.88 Å². The summed E-state index contributed by atoms with van der Waals surface area (Å²) >= 11 is 0. The van der Waals surface area contributed by atoms with Gasteiger partial charge in [-0.15, -0.1) is 0 Å². The quantitative estimate of drug-likeness (QED) is 0.678. The summed E-state index contributed by atoms with van der Waals surface area (Å²) in [7, 11) is 0. The molecule has 4 amide bonds. The minimum absolute atomic E-state index is 0.196. The fraction of sp³-hybridized carbons (Fsp3) is 0.375. The monoisotopic (exact) mass is 448 g/mol. The molecule has 1 saturated carbocycles. The predicted octanol–water partition coefficient (Wildman–Crippen LogP) is 2.33. The van der Waals surface area contributed by atoms with Gasteiger partial charge in [0.15, 0.2) is 0 Å². The van der Waals surface area contributed by atoms with E-state index in [-0.39, 0.29) is 36.8 Å². The number of aromatic nitrogens is 1. The van der Waals surface area contributed by atoms with Crippen molar-refractivity contribution in [2.75, 3.05) is 5.32 Å². The maximum atomic E-state index is 12.9. The van der Waals surface area contributed by atoms with Gasteiger partial charge in [0.05, 0.1) is 11.9 Å². The average Bonchev–Trinajstić information content (AvgIpc) is 3.08. The summed E-state index contributed by atoms with van der Waals surface area (Å²) in [6.07, 6.45) is 5.57. The van der Waals surface area contributed by atoms with Gasteiger partial charge in [-0.3, -0.25) is 24.5 Å². The molecule has 0 bridgehead atoms. The second kappa shape index (κ2) is 8.31. The molecule has 1 saturated heterocycles. The Bertz CT molecular complexity index is 1170. The topological polar surface area (TPSA) is 118 Å². The van der Waals surface area contributed by atoms with Gasteiger partial charge in [-0.2, -0.15) is 0 Å². The Morgan fingerprint density at radius 1 is 1.18 bits per heavy atom. The van der Waals surface area contributed by atoms with Crippen molar-refractivity contribution in [3.05, 3.63) is 52.7 Å². The van der Waals surface area contributed by atoms with E-state index in [0.29, 0.717) is 34.7 Å². The first kappa shape index (κ1) is 21.1. The minimum Gasteiger partial charge on any atom is -0.474 e. The van der Waals surface area contributed by atoms with Crippen LogP contribution in [0.2, 0.25) is 0 Å². The number of carbonyl (C=O) groups is 4. The molecule has 1 aromatic carbocycles. The second-order valence-corrected chi connectivity index (χ2v) is 8.73. The molecule has 1 unspecified atom stereocenters. The summed E-state index contributed by atoms with van der Waals surface area (Å²) in [5, 5.41) is 5.15. The molecule has 5 rings (SSSR count). The van der Waals surface area contributed by atoms with E-state index in [4.69, 9.17) is 4.74 Å². The molecular formula is C24H24N4O5. The predicted molar refractivity (Wildman–Crippen MR) is 118 cm³/mol. The summed E-state index contributed by atoms with van der Waals surface area (Å²) in [4.78, 5) is 55.1. The molecule has 33 heavy (non-hydrogen) atoms. The molecule has 2 aliphatic heterocycles. The lowest BCUT2D eigenvalue weighted by atomic mass is 9.96. The number of hydrogen-bond donors (Lipinski definition) is 2. The zero-order valence-electron chi connectivity index (χ0n) is 18.2. The summed E-state index contributed by atoms with van der Waals surface area (Å²) in [6.45, 7) is 2.10. The fourth-order valence-corrected chi connectivity index (χ4v) is 4.30. The van der Waals surface area contributed by atoms with Gasteiger partial charge in [0, 0.05) is 30.2 Å². The number of anilines is 1. The zero-order valence-corrected chi connectivity index (χ0v) is 18.2. The summed E-state index contributed by atoms with van der Waals surface area (Å²) in [6, 6.07) is 6.00. The first-order chi connectivity index (χ1) is 15.9. The molecule has 9 heteroatoms. The molecular weight excluding hydrogens is 424 g/mol.